The van der Waals surface area contributed by atoms with E-state index in [1.165, 1.54) is 0 Å². The molecule has 166 valence electrons. The molecule has 2 aromatic carbocycles. The molecular formula is C24H31N3O4. The highest BCUT2D eigenvalue weighted by molar-refractivity contribution is 5.95. The Labute approximate surface area is 183 Å². The molecule has 1 N–H and O–H groups in total. The van der Waals surface area contributed by atoms with Gasteiger partial charge in [-0.25, -0.2) is 0 Å². The minimum Gasteiger partial charge on any atom is -0.497 e. The first-order valence-electron chi connectivity index (χ1n) is 10.7. The maximum absolute atomic E-state index is 13.4. The summed E-state index contributed by atoms with van der Waals surface area (Å²) < 4.78 is 10.6. The van der Waals surface area contributed by atoms with Crippen LogP contribution in [0.25, 0.3) is 0 Å². The van der Waals surface area contributed by atoms with Crippen LogP contribution in [0.1, 0.15) is 22.3 Å². The zero-order valence-electron chi connectivity index (χ0n) is 18.3. The van der Waals surface area contributed by atoms with Crippen LogP contribution in [-0.4, -0.2) is 75.1 Å². The summed E-state index contributed by atoms with van der Waals surface area (Å²) in [5.41, 5.74) is 1.64. The van der Waals surface area contributed by atoms with Gasteiger partial charge in [-0.1, -0.05) is 30.3 Å². The van der Waals surface area contributed by atoms with E-state index in [0.29, 0.717) is 49.7 Å². The average Bonchev–Trinajstić information content (AvgIpc) is 2.84. The molecule has 0 unspecified atom stereocenters. The van der Waals surface area contributed by atoms with E-state index in [1.54, 1.807) is 37.3 Å². The molecule has 7 nitrogen and oxygen atoms in total. The van der Waals surface area contributed by atoms with E-state index in [9.17, 15) is 9.59 Å². The minimum absolute atomic E-state index is 0.0854. The van der Waals surface area contributed by atoms with E-state index in [1.807, 2.05) is 35.2 Å². The van der Waals surface area contributed by atoms with Gasteiger partial charge in [-0.15, -0.1) is 0 Å². The Morgan fingerprint density at radius 1 is 0.968 bits per heavy atom. The van der Waals surface area contributed by atoms with Crippen LogP contribution < -0.4 is 14.8 Å². The minimum atomic E-state index is -0.138. The van der Waals surface area contributed by atoms with Crippen molar-refractivity contribution in [2.24, 2.45) is 0 Å². The van der Waals surface area contributed by atoms with E-state index in [4.69, 9.17) is 9.47 Å². The van der Waals surface area contributed by atoms with Crippen molar-refractivity contribution in [3.05, 3.63) is 59.7 Å². The predicted octanol–water partition coefficient (Wildman–Crippen LogP) is 2.21. The number of benzene rings is 2. The number of nitrogens with one attached hydrogen (secondary N) is 1. The highest BCUT2D eigenvalue weighted by Gasteiger charge is 2.21. The quantitative estimate of drug-likeness (QED) is 0.667. The number of methoxy groups -OCH3 is 2. The number of carbonyl (C=O) groups is 2. The van der Waals surface area contributed by atoms with Gasteiger partial charge in [-0.2, -0.15) is 0 Å². The molecule has 1 aliphatic heterocycles. The smallest absolute Gasteiger partial charge is 0.254 e. The number of hydrogen-bond donors (Lipinski definition) is 1. The van der Waals surface area contributed by atoms with Crippen LogP contribution in [0.15, 0.2) is 48.5 Å². The molecule has 0 radical (unpaired) electrons. The number of piperazine rings is 1. The van der Waals surface area contributed by atoms with Gasteiger partial charge in [0.05, 0.1) is 14.2 Å². The Hall–Kier alpha value is -3.06. The molecule has 0 aliphatic carbocycles. The molecule has 1 heterocycles. The first-order valence-corrected chi connectivity index (χ1v) is 10.7. The lowest BCUT2D eigenvalue weighted by Crippen LogP contribution is -2.47. The first kappa shape index (κ1) is 22.6. The number of ether oxygens (including phenoxy) is 2. The van der Waals surface area contributed by atoms with Gasteiger partial charge in [-0.3, -0.25) is 9.59 Å². The normalized spacial score (nSPS) is 13.5. The highest BCUT2D eigenvalue weighted by Crippen LogP contribution is 2.23. The van der Waals surface area contributed by atoms with Crippen LogP contribution in [0, 0.1) is 0 Å². The van der Waals surface area contributed by atoms with Crippen molar-refractivity contribution in [1.29, 1.82) is 0 Å². The van der Waals surface area contributed by atoms with Crippen molar-refractivity contribution in [2.45, 2.75) is 12.8 Å². The summed E-state index contributed by atoms with van der Waals surface area (Å²) in [6, 6.07) is 15.2. The van der Waals surface area contributed by atoms with Crippen molar-refractivity contribution in [1.82, 2.24) is 15.1 Å². The number of carbonyl (C=O) groups excluding carboxylic acids is 2. The molecule has 2 aromatic rings. The molecule has 0 spiro atoms. The van der Waals surface area contributed by atoms with Gasteiger partial charge in [0, 0.05) is 57.3 Å². The second kappa shape index (κ2) is 11.4. The SMILES string of the molecule is COc1cc(OC)cc(C(=O)N(CCC(=O)N2CCNCC2)CCc2ccccc2)c1. The average molecular weight is 426 g/mol. The van der Waals surface area contributed by atoms with Crippen molar-refractivity contribution in [3.8, 4) is 11.5 Å². The Balaban J connectivity index is 1.73. The summed E-state index contributed by atoms with van der Waals surface area (Å²) in [7, 11) is 3.12. The van der Waals surface area contributed by atoms with Crippen LogP contribution in [0.5, 0.6) is 11.5 Å². The van der Waals surface area contributed by atoms with Gasteiger partial charge in [0.1, 0.15) is 11.5 Å². The van der Waals surface area contributed by atoms with Crippen LogP contribution in [0.4, 0.5) is 0 Å². The van der Waals surface area contributed by atoms with Crippen LogP contribution in [0.2, 0.25) is 0 Å². The topological polar surface area (TPSA) is 71.1 Å². The lowest BCUT2D eigenvalue weighted by Gasteiger charge is -2.29. The molecule has 3 rings (SSSR count). The van der Waals surface area contributed by atoms with E-state index in [2.05, 4.69) is 5.32 Å². The summed E-state index contributed by atoms with van der Waals surface area (Å²) in [5, 5.41) is 3.25. The third kappa shape index (κ3) is 6.46. The molecule has 0 atom stereocenters. The van der Waals surface area contributed by atoms with Gasteiger partial charge < -0.3 is 24.6 Å². The largest absolute Gasteiger partial charge is 0.497 e. The van der Waals surface area contributed by atoms with Gasteiger partial charge >= 0.3 is 0 Å². The summed E-state index contributed by atoms with van der Waals surface area (Å²) >= 11 is 0. The summed E-state index contributed by atoms with van der Waals surface area (Å²) in [4.78, 5) is 29.6. The fourth-order valence-corrected chi connectivity index (χ4v) is 3.64. The van der Waals surface area contributed by atoms with Crippen LogP contribution >= 0.6 is 0 Å². The lowest BCUT2D eigenvalue weighted by molar-refractivity contribution is -0.131. The molecule has 2 amide bonds. The van der Waals surface area contributed by atoms with Gasteiger partial charge in [0.15, 0.2) is 0 Å². The maximum Gasteiger partial charge on any atom is 0.254 e. The summed E-state index contributed by atoms with van der Waals surface area (Å²) in [6.45, 7) is 3.94. The molecule has 0 aromatic heterocycles. The molecule has 31 heavy (non-hydrogen) atoms. The van der Waals surface area contributed by atoms with Crippen molar-refractivity contribution in [3.63, 3.8) is 0 Å². The molecule has 1 fully saturated rings. The standard InChI is InChI=1S/C24H31N3O4/c1-30-21-16-20(17-22(18-21)31-2)24(29)27(12-8-19-6-4-3-5-7-19)13-9-23(28)26-14-10-25-11-15-26/h3-7,16-18,25H,8-15H2,1-2H3. The molecule has 0 bridgehead atoms. The van der Waals surface area contributed by atoms with Crippen molar-refractivity contribution < 1.29 is 19.1 Å². The van der Waals surface area contributed by atoms with E-state index in [-0.39, 0.29) is 11.8 Å². The van der Waals surface area contributed by atoms with Crippen molar-refractivity contribution in [2.75, 3.05) is 53.5 Å². The second-order valence-corrected chi connectivity index (χ2v) is 7.51. The zero-order valence-corrected chi connectivity index (χ0v) is 18.3. The Morgan fingerprint density at radius 2 is 1.61 bits per heavy atom. The summed E-state index contributed by atoms with van der Waals surface area (Å²) in [5.74, 6) is 1.06. The third-order valence-corrected chi connectivity index (χ3v) is 5.46. The van der Waals surface area contributed by atoms with Gasteiger partial charge in [-0.05, 0) is 24.1 Å². The predicted molar refractivity (Wildman–Crippen MR) is 120 cm³/mol. The molecule has 7 heteroatoms. The molecule has 0 saturated carbocycles. The molecule has 1 aliphatic rings. The monoisotopic (exact) mass is 425 g/mol. The third-order valence-electron chi connectivity index (χ3n) is 5.46. The van der Waals surface area contributed by atoms with Crippen LogP contribution in [-0.2, 0) is 11.2 Å². The Morgan fingerprint density at radius 3 is 2.23 bits per heavy atom. The second-order valence-electron chi connectivity index (χ2n) is 7.51. The zero-order chi connectivity index (χ0) is 22.1. The van der Waals surface area contributed by atoms with Gasteiger partial charge in [0.2, 0.25) is 5.91 Å². The first-order chi connectivity index (χ1) is 15.1. The van der Waals surface area contributed by atoms with E-state index in [0.717, 1.165) is 25.1 Å². The van der Waals surface area contributed by atoms with E-state index < -0.39 is 0 Å². The fraction of sp³-hybridized carbons (Fsp3) is 0.417. The van der Waals surface area contributed by atoms with Gasteiger partial charge in [0.25, 0.3) is 5.91 Å². The number of nitrogens with zero attached hydrogens (tertiary/aromatic N) is 2. The Kier molecular flexibility index (Phi) is 8.29. The fourth-order valence-electron chi connectivity index (χ4n) is 3.64. The molecular weight excluding hydrogens is 394 g/mol. The number of rotatable bonds is 9. The Bertz CT molecular complexity index is 844. The van der Waals surface area contributed by atoms with E-state index >= 15 is 0 Å². The highest BCUT2D eigenvalue weighted by atomic mass is 16.5. The lowest BCUT2D eigenvalue weighted by atomic mass is 10.1. The number of amides is 2. The van der Waals surface area contributed by atoms with Crippen LogP contribution in [0.3, 0.4) is 0 Å². The maximum atomic E-state index is 13.4. The molecule has 1 saturated heterocycles. The summed E-state index contributed by atoms with van der Waals surface area (Å²) in [6.07, 6.45) is 1.02. The number of hydrogen-bond acceptors (Lipinski definition) is 5. The van der Waals surface area contributed by atoms with Crippen molar-refractivity contribution >= 4 is 11.8 Å².